The number of aromatic nitrogens is 1. The van der Waals surface area contributed by atoms with Crippen molar-refractivity contribution in [1.82, 2.24) is 4.98 Å². The topological polar surface area (TPSA) is 42.3 Å². The fraction of sp³-hybridized carbons (Fsp3) is 0.345. The molecule has 5 rings (SSSR count). The maximum atomic E-state index is 15.7. The monoisotopic (exact) mass is 458 g/mol. The smallest absolute Gasteiger partial charge is 0.163 e. The number of pyridine rings is 1. The van der Waals surface area contributed by atoms with Crippen LogP contribution in [0.3, 0.4) is 0 Å². The number of nitrogens with zero attached hydrogens (tertiary/aromatic N) is 2. The van der Waals surface area contributed by atoms with Crippen molar-refractivity contribution in [2.45, 2.75) is 57.7 Å². The molecule has 1 aliphatic heterocycles. The van der Waals surface area contributed by atoms with Gasteiger partial charge >= 0.3 is 0 Å². The zero-order valence-electron chi connectivity index (χ0n) is 19.4. The number of aryl methyl sites for hydroxylation is 1. The Hall–Kier alpha value is -3.21. The van der Waals surface area contributed by atoms with Gasteiger partial charge in [-0.05, 0) is 73.9 Å². The number of fused-ring (bicyclic) bond motifs is 1. The van der Waals surface area contributed by atoms with Gasteiger partial charge in [-0.25, -0.2) is 8.78 Å². The van der Waals surface area contributed by atoms with Crippen molar-refractivity contribution in [2.75, 3.05) is 0 Å². The van der Waals surface area contributed by atoms with Crippen LogP contribution in [0.25, 0.3) is 0 Å². The van der Waals surface area contributed by atoms with Gasteiger partial charge in [-0.15, -0.1) is 0 Å². The van der Waals surface area contributed by atoms with Crippen LogP contribution in [0.1, 0.15) is 70.4 Å². The zero-order chi connectivity index (χ0) is 23.7. The van der Waals surface area contributed by atoms with Crippen molar-refractivity contribution < 1.29 is 13.6 Å². The average molecular weight is 459 g/mol. The van der Waals surface area contributed by atoms with E-state index in [9.17, 15) is 9.18 Å². The van der Waals surface area contributed by atoms with E-state index in [1.165, 1.54) is 6.07 Å². The molecule has 2 heterocycles. The van der Waals surface area contributed by atoms with Crippen LogP contribution in [-0.4, -0.2) is 22.1 Å². The molecule has 3 nitrogen and oxygen atoms in total. The first-order valence-corrected chi connectivity index (χ1v) is 12.0. The molecule has 2 atom stereocenters. The summed E-state index contributed by atoms with van der Waals surface area (Å²) in [4.78, 5) is 22.2. The second kappa shape index (κ2) is 9.21. The molecule has 3 aromatic rings. The number of halogens is 2. The van der Waals surface area contributed by atoms with Gasteiger partial charge in [0.25, 0.3) is 0 Å². The SMILES string of the molecule is Cc1cc(C2=NCc3ccc(C(=O)C[C@@H]4CCCC(F)(Cc5ccccc5F)C4)cc32)ccn1. The van der Waals surface area contributed by atoms with Gasteiger partial charge in [-0.2, -0.15) is 0 Å². The van der Waals surface area contributed by atoms with Crippen LogP contribution < -0.4 is 0 Å². The Kier molecular flexibility index (Phi) is 6.11. The third kappa shape index (κ3) is 4.70. The van der Waals surface area contributed by atoms with Crippen molar-refractivity contribution in [3.05, 3.63) is 100 Å². The molecular weight excluding hydrogens is 430 g/mol. The van der Waals surface area contributed by atoms with Gasteiger partial charge in [0.1, 0.15) is 11.5 Å². The highest BCUT2D eigenvalue weighted by molar-refractivity contribution is 6.16. The van der Waals surface area contributed by atoms with Crippen molar-refractivity contribution >= 4 is 11.5 Å². The minimum atomic E-state index is -1.47. The molecule has 0 N–H and O–H groups in total. The fourth-order valence-electron chi connectivity index (χ4n) is 5.42. The zero-order valence-corrected chi connectivity index (χ0v) is 19.4. The molecule has 0 amide bonds. The molecule has 1 fully saturated rings. The van der Waals surface area contributed by atoms with E-state index in [1.807, 2.05) is 37.3 Å². The molecule has 2 aromatic carbocycles. The highest BCUT2D eigenvalue weighted by atomic mass is 19.1. The van der Waals surface area contributed by atoms with E-state index in [2.05, 4.69) is 4.98 Å². The van der Waals surface area contributed by atoms with Gasteiger partial charge in [-0.1, -0.05) is 30.3 Å². The molecule has 174 valence electrons. The molecular formula is C29H28F2N2O. The summed E-state index contributed by atoms with van der Waals surface area (Å²) >= 11 is 0. The lowest BCUT2D eigenvalue weighted by Crippen LogP contribution is -2.34. The maximum Gasteiger partial charge on any atom is 0.163 e. The highest BCUT2D eigenvalue weighted by Crippen LogP contribution is 2.40. The Morgan fingerprint density at radius 2 is 2.00 bits per heavy atom. The van der Waals surface area contributed by atoms with E-state index in [4.69, 9.17) is 4.99 Å². The minimum Gasteiger partial charge on any atom is -0.294 e. The normalized spacial score (nSPS) is 21.7. The predicted molar refractivity (Wildman–Crippen MR) is 130 cm³/mol. The summed E-state index contributed by atoms with van der Waals surface area (Å²) in [5.74, 6) is -0.375. The standard InChI is InChI=1S/C29H28F2N2O/c1-19-13-22(10-12-32-19)28-25-15-21(8-9-24(25)18-33-28)27(34)14-20-5-4-11-29(31,16-20)17-23-6-2-3-7-26(23)30/h2-3,6-10,12-13,15,20H,4-5,11,14,16-18H2,1H3/t20-,29?/m0/s1. The number of aliphatic imine (C=N–C) groups is 1. The predicted octanol–water partition coefficient (Wildman–Crippen LogP) is 6.59. The first kappa shape index (κ1) is 22.6. The number of ketones is 1. The van der Waals surface area contributed by atoms with Crippen molar-refractivity contribution in [2.24, 2.45) is 10.9 Å². The van der Waals surface area contributed by atoms with E-state index in [0.29, 0.717) is 43.4 Å². The van der Waals surface area contributed by atoms with Crippen LogP contribution >= 0.6 is 0 Å². The summed E-state index contributed by atoms with van der Waals surface area (Å²) in [6.45, 7) is 2.55. The number of benzene rings is 2. The summed E-state index contributed by atoms with van der Waals surface area (Å²) in [5, 5.41) is 0. The van der Waals surface area contributed by atoms with Gasteiger partial charge in [0, 0.05) is 41.4 Å². The lowest BCUT2D eigenvalue weighted by atomic mass is 9.74. The van der Waals surface area contributed by atoms with Crippen LogP contribution in [-0.2, 0) is 13.0 Å². The summed E-state index contributed by atoms with van der Waals surface area (Å²) in [7, 11) is 0. The van der Waals surface area contributed by atoms with E-state index in [-0.39, 0.29) is 23.9 Å². The van der Waals surface area contributed by atoms with Crippen LogP contribution in [0.2, 0.25) is 0 Å². The number of Topliss-reactive ketones (excluding diaryl/α,β-unsaturated/α-hetero) is 1. The molecule has 2 aliphatic rings. The Morgan fingerprint density at radius 1 is 1.15 bits per heavy atom. The van der Waals surface area contributed by atoms with Crippen molar-refractivity contribution in [3.8, 4) is 0 Å². The number of rotatable bonds is 6. The van der Waals surface area contributed by atoms with Gasteiger partial charge in [-0.3, -0.25) is 14.8 Å². The first-order valence-electron chi connectivity index (χ1n) is 12.0. The number of hydrogen-bond donors (Lipinski definition) is 0. The molecule has 1 unspecified atom stereocenters. The lowest BCUT2D eigenvalue weighted by molar-refractivity contribution is 0.0659. The second-order valence-corrected chi connectivity index (χ2v) is 9.73. The maximum absolute atomic E-state index is 15.7. The van der Waals surface area contributed by atoms with Crippen molar-refractivity contribution in [3.63, 3.8) is 0 Å². The molecule has 0 bridgehead atoms. The molecule has 1 saturated carbocycles. The van der Waals surface area contributed by atoms with E-state index >= 15 is 4.39 Å². The Bertz CT molecular complexity index is 1270. The third-order valence-corrected chi connectivity index (χ3v) is 7.10. The van der Waals surface area contributed by atoms with Crippen LogP contribution in [0.4, 0.5) is 8.78 Å². The van der Waals surface area contributed by atoms with Gasteiger partial charge in [0.15, 0.2) is 5.78 Å². The van der Waals surface area contributed by atoms with Gasteiger partial charge < -0.3 is 0 Å². The first-order chi connectivity index (χ1) is 16.4. The molecule has 0 spiro atoms. The minimum absolute atomic E-state index is 0.0279. The molecule has 0 radical (unpaired) electrons. The fourth-order valence-corrected chi connectivity index (χ4v) is 5.42. The molecule has 1 aromatic heterocycles. The van der Waals surface area contributed by atoms with Gasteiger partial charge in [0.05, 0.1) is 12.3 Å². The second-order valence-electron chi connectivity index (χ2n) is 9.73. The molecule has 34 heavy (non-hydrogen) atoms. The summed E-state index contributed by atoms with van der Waals surface area (Å²) < 4.78 is 29.8. The molecule has 0 saturated heterocycles. The number of alkyl halides is 1. The van der Waals surface area contributed by atoms with E-state index in [0.717, 1.165) is 34.5 Å². The number of carbonyl (C=O) groups is 1. The van der Waals surface area contributed by atoms with Crippen LogP contribution in [0.5, 0.6) is 0 Å². The molecule has 5 heteroatoms. The largest absolute Gasteiger partial charge is 0.294 e. The van der Waals surface area contributed by atoms with Crippen LogP contribution in [0, 0.1) is 18.7 Å². The quantitative estimate of drug-likeness (QED) is 0.391. The Labute approximate surface area is 199 Å². The van der Waals surface area contributed by atoms with Crippen molar-refractivity contribution in [1.29, 1.82) is 0 Å². The van der Waals surface area contributed by atoms with Gasteiger partial charge in [0.2, 0.25) is 0 Å². The molecule has 1 aliphatic carbocycles. The highest BCUT2D eigenvalue weighted by Gasteiger charge is 2.38. The van der Waals surface area contributed by atoms with E-state index in [1.54, 1.807) is 24.4 Å². The average Bonchev–Trinajstić information content (AvgIpc) is 3.24. The summed E-state index contributed by atoms with van der Waals surface area (Å²) in [5.41, 5.74) is 4.48. The Balaban J connectivity index is 1.30. The summed E-state index contributed by atoms with van der Waals surface area (Å²) in [6.07, 6.45) is 4.38. The van der Waals surface area contributed by atoms with Crippen LogP contribution in [0.15, 0.2) is 65.8 Å². The lowest BCUT2D eigenvalue weighted by Gasteiger charge is -2.35. The number of carbonyl (C=O) groups excluding carboxylic acids is 1. The third-order valence-electron chi connectivity index (χ3n) is 7.10. The van der Waals surface area contributed by atoms with E-state index < -0.39 is 5.67 Å². The number of hydrogen-bond acceptors (Lipinski definition) is 3. The summed E-state index contributed by atoms with van der Waals surface area (Å²) in [6, 6.07) is 16.1. The Morgan fingerprint density at radius 3 is 2.82 bits per heavy atom.